The maximum Gasteiger partial charge on any atom is 0.257 e. The van der Waals surface area contributed by atoms with Crippen molar-refractivity contribution in [2.45, 2.75) is 36.1 Å². The molecule has 1 aliphatic carbocycles. The van der Waals surface area contributed by atoms with Gasteiger partial charge in [-0.3, -0.25) is 14.6 Å². The average Bonchev–Trinajstić information content (AvgIpc) is 2.78. The number of aromatic nitrogens is 3. The largest absolute Gasteiger partial charge is 0.343 e. The Bertz CT molecular complexity index is 1260. The predicted molar refractivity (Wildman–Crippen MR) is 116 cm³/mol. The van der Waals surface area contributed by atoms with Crippen LogP contribution in [-0.4, -0.2) is 20.7 Å². The van der Waals surface area contributed by atoms with E-state index in [1.807, 2.05) is 12.1 Å². The van der Waals surface area contributed by atoms with Gasteiger partial charge in [0.2, 0.25) is 0 Å². The number of carbonyl (C=O) groups excluding carboxylic acids is 1. The number of rotatable bonds is 4. The van der Waals surface area contributed by atoms with Crippen molar-refractivity contribution in [2.24, 2.45) is 0 Å². The highest BCUT2D eigenvalue weighted by molar-refractivity contribution is 7.98. The zero-order chi connectivity index (χ0) is 21.4. The van der Waals surface area contributed by atoms with Crippen LogP contribution in [0.3, 0.4) is 0 Å². The van der Waals surface area contributed by atoms with Crippen LogP contribution >= 0.6 is 11.8 Å². The third-order valence-corrected chi connectivity index (χ3v) is 6.52. The summed E-state index contributed by atoms with van der Waals surface area (Å²) in [6.07, 6.45) is 5.28. The van der Waals surface area contributed by atoms with Gasteiger partial charge in [0.15, 0.2) is 10.9 Å². The van der Waals surface area contributed by atoms with Crippen molar-refractivity contribution < 1.29 is 9.18 Å². The van der Waals surface area contributed by atoms with Gasteiger partial charge in [-0.25, -0.2) is 9.37 Å². The lowest BCUT2D eigenvalue weighted by Crippen LogP contribution is -2.32. The number of nitrogens with one attached hydrogen (secondary N) is 2. The van der Waals surface area contributed by atoms with Crippen molar-refractivity contribution in [3.8, 4) is 0 Å². The lowest BCUT2D eigenvalue weighted by Gasteiger charge is -2.32. The standard InChI is InChI=1S/C23H19FN4O2S/c24-15-5-2-1-4-14(15)12-31-23-27-21-20(22(30)28-23)18(13-8-10-25-11-9-13)19-16(26-21)6-3-7-17(19)29/h1-2,4-5,8-11,18H,3,6-7,12H2,(H2,26,27,28,30). The first-order valence-electron chi connectivity index (χ1n) is 10.1. The number of carbonyl (C=O) groups is 1. The number of hydrogen-bond donors (Lipinski definition) is 2. The average molecular weight is 434 g/mol. The summed E-state index contributed by atoms with van der Waals surface area (Å²) in [7, 11) is 0. The Balaban J connectivity index is 1.56. The smallest absolute Gasteiger partial charge is 0.257 e. The number of allylic oxidation sites excluding steroid dienone is 2. The number of thioether (sulfide) groups is 1. The maximum atomic E-state index is 13.9. The number of ketones is 1. The lowest BCUT2D eigenvalue weighted by molar-refractivity contribution is -0.116. The van der Waals surface area contributed by atoms with Gasteiger partial charge in [0.05, 0.1) is 5.56 Å². The van der Waals surface area contributed by atoms with E-state index in [1.54, 1.807) is 30.6 Å². The molecule has 0 saturated carbocycles. The van der Waals surface area contributed by atoms with E-state index in [0.717, 1.165) is 24.1 Å². The van der Waals surface area contributed by atoms with Gasteiger partial charge >= 0.3 is 0 Å². The number of pyridine rings is 1. The Hall–Kier alpha value is -3.26. The van der Waals surface area contributed by atoms with E-state index < -0.39 is 5.92 Å². The van der Waals surface area contributed by atoms with Gasteiger partial charge < -0.3 is 10.3 Å². The third kappa shape index (κ3) is 3.67. The molecule has 6 nitrogen and oxygen atoms in total. The number of fused-ring (bicyclic) bond motifs is 1. The first kappa shape index (κ1) is 19.7. The second-order valence-corrected chi connectivity index (χ2v) is 8.49. The molecule has 0 amide bonds. The molecule has 0 radical (unpaired) electrons. The molecule has 3 heterocycles. The number of benzene rings is 1. The predicted octanol–water partition coefficient (Wildman–Crippen LogP) is 4.16. The second-order valence-electron chi connectivity index (χ2n) is 7.52. The summed E-state index contributed by atoms with van der Waals surface area (Å²) in [5.41, 5.74) is 2.96. The van der Waals surface area contributed by atoms with Crippen molar-refractivity contribution in [2.75, 3.05) is 5.32 Å². The van der Waals surface area contributed by atoms with E-state index in [1.165, 1.54) is 17.8 Å². The fourth-order valence-electron chi connectivity index (χ4n) is 4.16. The molecule has 0 spiro atoms. The Labute approximate surface area is 182 Å². The molecule has 2 aromatic heterocycles. The summed E-state index contributed by atoms with van der Waals surface area (Å²) in [6, 6.07) is 10.2. The summed E-state index contributed by atoms with van der Waals surface area (Å²) >= 11 is 1.26. The third-order valence-electron chi connectivity index (χ3n) is 5.60. The van der Waals surface area contributed by atoms with E-state index in [9.17, 15) is 14.0 Å². The van der Waals surface area contributed by atoms with Crippen LogP contribution < -0.4 is 10.9 Å². The number of H-pyrrole nitrogens is 1. The summed E-state index contributed by atoms with van der Waals surface area (Å²) in [5, 5.41) is 3.65. The van der Waals surface area contributed by atoms with Gasteiger partial charge in [-0.1, -0.05) is 30.0 Å². The zero-order valence-corrected chi connectivity index (χ0v) is 17.3. The molecule has 1 aromatic carbocycles. The van der Waals surface area contributed by atoms with E-state index in [2.05, 4.69) is 20.3 Å². The molecule has 5 rings (SSSR count). The highest BCUT2D eigenvalue weighted by atomic mass is 32.2. The molecule has 1 atom stereocenters. The Morgan fingerprint density at radius 3 is 2.71 bits per heavy atom. The summed E-state index contributed by atoms with van der Waals surface area (Å²) < 4.78 is 13.9. The number of anilines is 1. The number of hydrogen-bond acceptors (Lipinski definition) is 6. The van der Waals surface area contributed by atoms with Crippen LogP contribution in [-0.2, 0) is 10.5 Å². The molecule has 0 fully saturated rings. The molecule has 2 N–H and O–H groups in total. The molecule has 1 unspecified atom stereocenters. The molecule has 1 aliphatic heterocycles. The van der Waals surface area contributed by atoms with Crippen LogP contribution in [0.2, 0.25) is 0 Å². The number of Topliss-reactive ketones (excluding diaryl/α,β-unsaturated/α-hetero) is 1. The number of nitrogens with zero attached hydrogens (tertiary/aromatic N) is 2. The molecule has 156 valence electrons. The minimum Gasteiger partial charge on any atom is -0.343 e. The lowest BCUT2D eigenvalue weighted by atomic mass is 9.77. The zero-order valence-electron chi connectivity index (χ0n) is 16.5. The molecule has 2 aliphatic rings. The van der Waals surface area contributed by atoms with Gasteiger partial charge in [0, 0.05) is 41.8 Å². The van der Waals surface area contributed by atoms with Crippen molar-refractivity contribution in [3.05, 3.63) is 92.9 Å². The van der Waals surface area contributed by atoms with Crippen LogP contribution in [0.4, 0.5) is 10.2 Å². The molecule has 0 bridgehead atoms. The maximum absolute atomic E-state index is 13.9. The first-order valence-corrected chi connectivity index (χ1v) is 11.0. The monoisotopic (exact) mass is 434 g/mol. The highest BCUT2D eigenvalue weighted by Gasteiger charge is 2.37. The molecule has 8 heteroatoms. The van der Waals surface area contributed by atoms with Gasteiger partial charge in [-0.05, 0) is 42.2 Å². The summed E-state index contributed by atoms with van der Waals surface area (Å²) in [4.78, 5) is 37.5. The van der Waals surface area contributed by atoms with Gasteiger partial charge in [-0.2, -0.15) is 0 Å². The van der Waals surface area contributed by atoms with Crippen molar-refractivity contribution in [3.63, 3.8) is 0 Å². The molecular formula is C23H19FN4O2S. The minimum absolute atomic E-state index is 0.0543. The normalized spacial score (nSPS) is 17.7. The minimum atomic E-state index is -0.482. The number of aromatic amines is 1. The van der Waals surface area contributed by atoms with Gasteiger partial charge in [-0.15, -0.1) is 0 Å². The van der Waals surface area contributed by atoms with Crippen molar-refractivity contribution >= 4 is 23.4 Å². The van der Waals surface area contributed by atoms with Crippen LogP contribution in [0.5, 0.6) is 0 Å². The van der Waals surface area contributed by atoms with E-state index in [4.69, 9.17) is 0 Å². The van der Waals surface area contributed by atoms with Gasteiger partial charge in [0.25, 0.3) is 5.56 Å². The Morgan fingerprint density at radius 1 is 1.10 bits per heavy atom. The molecule has 0 saturated heterocycles. The van der Waals surface area contributed by atoms with Crippen LogP contribution in [0, 0.1) is 5.82 Å². The van der Waals surface area contributed by atoms with Crippen molar-refractivity contribution in [1.29, 1.82) is 0 Å². The van der Waals surface area contributed by atoms with E-state index >= 15 is 0 Å². The van der Waals surface area contributed by atoms with Crippen LogP contribution in [0.1, 0.15) is 41.9 Å². The summed E-state index contributed by atoms with van der Waals surface area (Å²) in [6.45, 7) is 0. The summed E-state index contributed by atoms with van der Waals surface area (Å²) in [5.74, 6) is 0.0773. The molecule has 3 aromatic rings. The fraction of sp³-hybridized carbons (Fsp3) is 0.217. The second kappa shape index (κ2) is 8.11. The van der Waals surface area contributed by atoms with Crippen LogP contribution in [0.25, 0.3) is 0 Å². The molecular weight excluding hydrogens is 415 g/mol. The Morgan fingerprint density at radius 2 is 1.90 bits per heavy atom. The number of halogens is 1. The van der Waals surface area contributed by atoms with Crippen LogP contribution in [0.15, 0.2) is 70.0 Å². The van der Waals surface area contributed by atoms with E-state index in [0.29, 0.717) is 39.8 Å². The molecule has 31 heavy (non-hydrogen) atoms. The quantitative estimate of drug-likeness (QED) is 0.474. The highest BCUT2D eigenvalue weighted by Crippen LogP contribution is 2.43. The van der Waals surface area contributed by atoms with Gasteiger partial charge in [0.1, 0.15) is 11.6 Å². The first-order chi connectivity index (χ1) is 15.1. The SMILES string of the molecule is O=C1CCCC2=C1C(c1ccncc1)c1c(nc(SCc3ccccc3F)[nH]c1=O)N2. The Kier molecular flexibility index (Phi) is 5.15. The topological polar surface area (TPSA) is 87.7 Å². The van der Waals surface area contributed by atoms with E-state index in [-0.39, 0.29) is 17.2 Å². The fourth-order valence-corrected chi connectivity index (χ4v) is 5.01. The van der Waals surface area contributed by atoms with Crippen molar-refractivity contribution in [1.82, 2.24) is 15.0 Å².